The number of halogens is 1. The van der Waals surface area contributed by atoms with Crippen molar-refractivity contribution in [2.45, 2.75) is 12.5 Å². The van der Waals surface area contributed by atoms with Gasteiger partial charge in [-0.15, -0.1) is 12.4 Å². The molecular formula is C18H21ClN2O5. The molecule has 0 N–H and O–H groups in total. The van der Waals surface area contributed by atoms with E-state index in [2.05, 4.69) is 0 Å². The maximum absolute atomic E-state index is 12.0. The molecule has 0 aliphatic carbocycles. The van der Waals surface area contributed by atoms with Crippen molar-refractivity contribution in [3.8, 4) is 5.75 Å². The van der Waals surface area contributed by atoms with Crippen LogP contribution in [0.1, 0.15) is 18.1 Å². The number of hydrogen-bond acceptors (Lipinski definition) is 6. The molecule has 140 valence electrons. The lowest BCUT2D eigenvalue weighted by Crippen LogP contribution is -2.21. The minimum absolute atomic E-state index is 0. The molecule has 2 aromatic carbocycles. The van der Waals surface area contributed by atoms with E-state index in [4.69, 9.17) is 9.47 Å². The van der Waals surface area contributed by atoms with Gasteiger partial charge < -0.3 is 14.4 Å². The normalized spacial score (nSPS) is 11.3. The third-order valence-corrected chi connectivity index (χ3v) is 3.50. The van der Waals surface area contributed by atoms with E-state index < -0.39 is 17.2 Å². The second-order valence-electron chi connectivity index (χ2n) is 5.71. The SMILES string of the molecule is CN(C)CCC(OC(=O)Oc1ccccc1)c1ccc([N+](=O)[O-])cc1.Cl. The Labute approximate surface area is 158 Å². The summed E-state index contributed by atoms with van der Waals surface area (Å²) in [5.41, 5.74) is 0.666. The van der Waals surface area contributed by atoms with E-state index in [-0.39, 0.29) is 18.1 Å². The summed E-state index contributed by atoms with van der Waals surface area (Å²) in [4.78, 5) is 24.3. The molecule has 8 heteroatoms. The lowest BCUT2D eigenvalue weighted by molar-refractivity contribution is -0.384. The highest BCUT2D eigenvalue weighted by Crippen LogP contribution is 2.25. The van der Waals surface area contributed by atoms with Crippen LogP contribution in [0, 0.1) is 10.1 Å². The van der Waals surface area contributed by atoms with Crippen LogP contribution in [0.3, 0.4) is 0 Å². The van der Waals surface area contributed by atoms with Gasteiger partial charge in [0.05, 0.1) is 4.92 Å². The number of carbonyl (C=O) groups is 1. The van der Waals surface area contributed by atoms with E-state index >= 15 is 0 Å². The Morgan fingerprint density at radius 3 is 2.27 bits per heavy atom. The number of ether oxygens (including phenoxy) is 2. The summed E-state index contributed by atoms with van der Waals surface area (Å²) in [6, 6.07) is 14.6. The average Bonchev–Trinajstić information content (AvgIpc) is 2.59. The zero-order valence-electron chi connectivity index (χ0n) is 14.5. The van der Waals surface area contributed by atoms with Gasteiger partial charge in [-0.25, -0.2) is 4.79 Å². The molecule has 7 nitrogen and oxygen atoms in total. The van der Waals surface area contributed by atoms with Gasteiger partial charge in [-0.2, -0.15) is 0 Å². The fraction of sp³-hybridized carbons (Fsp3) is 0.278. The number of carbonyl (C=O) groups excluding carboxylic acids is 1. The van der Waals surface area contributed by atoms with Gasteiger partial charge >= 0.3 is 6.16 Å². The molecule has 0 saturated heterocycles. The Kier molecular flexibility index (Phi) is 8.54. The molecular weight excluding hydrogens is 360 g/mol. The van der Waals surface area contributed by atoms with E-state index in [1.807, 2.05) is 25.1 Å². The number of benzene rings is 2. The first-order valence-electron chi connectivity index (χ1n) is 7.78. The molecule has 1 atom stereocenters. The summed E-state index contributed by atoms with van der Waals surface area (Å²) in [7, 11) is 3.82. The number of nitro benzene ring substituents is 1. The number of para-hydroxylation sites is 1. The molecule has 2 aromatic rings. The van der Waals surface area contributed by atoms with E-state index in [0.29, 0.717) is 24.3 Å². The van der Waals surface area contributed by atoms with Crippen LogP contribution in [0.4, 0.5) is 10.5 Å². The van der Waals surface area contributed by atoms with Crippen molar-refractivity contribution >= 4 is 24.2 Å². The van der Waals surface area contributed by atoms with Crippen LogP contribution >= 0.6 is 12.4 Å². The third-order valence-electron chi connectivity index (χ3n) is 3.50. The number of nitro groups is 1. The molecule has 1 unspecified atom stereocenters. The van der Waals surface area contributed by atoms with E-state index in [9.17, 15) is 14.9 Å². The maximum atomic E-state index is 12.0. The zero-order valence-corrected chi connectivity index (χ0v) is 15.3. The summed E-state index contributed by atoms with van der Waals surface area (Å²) in [5, 5.41) is 10.8. The van der Waals surface area contributed by atoms with Crippen LogP contribution in [-0.4, -0.2) is 36.6 Å². The van der Waals surface area contributed by atoms with E-state index in [0.717, 1.165) is 0 Å². The average molecular weight is 381 g/mol. The molecule has 0 saturated carbocycles. The van der Waals surface area contributed by atoms with Crippen molar-refractivity contribution < 1.29 is 19.2 Å². The Morgan fingerprint density at radius 1 is 1.12 bits per heavy atom. The fourth-order valence-corrected chi connectivity index (χ4v) is 2.20. The Morgan fingerprint density at radius 2 is 1.73 bits per heavy atom. The first-order chi connectivity index (χ1) is 12.0. The molecule has 2 rings (SSSR count). The van der Waals surface area contributed by atoms with Gasteiger partial charge in [-0.1, -0.05) is 18.2 Å². The van der Waals surface area contributed by atoms with Crippen molar-refractivity contribution in [2.75, 3.05) is 20.6 Å². The highest BCUT2D eigenvalue weighted by Gasteiger charge is 2.19. The minimum atomic E-state index is -0.812. The van der Waals surface area contributed by atoms with Crippen LogP contribution in [0.25, 0.3) is 0 Å². The molecule has 0 radical (unpaired) electrons. The summed E-state index contributed by atoms with van der Waals surface area (Å²) in [6.45, 7) is 0.681. The van der Waals surface area contributed by atoms with Crippen molar-refractivity contribution in [2.24, 2.45) is 0 Å². The van der Waals surface area contributed by atoms with Crippen molar-refractivity contribution in [3.05, 3.63) is 70.3 Å². The van der Waals surface area contributed by atoms with E-state index in [1.54, 1.807) is 36.4 Å². The highest BCUT2D eigenvalue weighted by molar-refractivity contribution is 5.85. The molecule has 0 amide bonds. The largest absolute Gasteiger partial charge is 0.514 e. The van der Waals surface area contributed by atoms with Gasteiger partial charge in [0, 0.05) is 25.1 Å². The van der Waals surface area contributed by atoms with Crippen molar-refractivity contribution in [1.82, 2.24) is 4.90 Å². The lowest BCUT2D eigenvalue weighted by Gasteiger charge is -2.20. The van der Waals surface area contributed by atoms with Gasteiger partial charge in [0.2, 0.25) is 0 Å². The number of nitrogens with zero attached hydrogens (tertiary/aromatic N) is 2. The second kappa shape index (κ2) is 10.4. The topological polar surface area (TPSA) is 81.9 Å². The molecule has 0 aliphatic heterocycles. The van der Waals surface area contributed by atoms with E-state index in [1.165, 1.54) is 12.1 Å². The number of hydrogen-bond donors (Lipinski definition) is 0. The fourth-order valence-electron chi connectivity index (χ4n) is 2.20. The van der Waals surface area contributed by atoms with Crippen LogP contribution in [0.5, 0.6) is 5.75 Å². The number of non-ortho nitro benzene ring substituents is 1. The minimum Gasteiger partial charge on any atom is -0.426 e. The molecule has 0 heterocycles. The predicted molar refractivity (Wildman–Crippen MR) is 99.8 cm³/mol. The molecule has 0 bridgehead atoms. The van der Waals surface area contributed by atoms with Gasteiger partial charge in [0.25, 0.3) is 5.69 Å². The Bertz CT molecular complexity index is 707. The summed E-state index contributed by atoms with van der Waals surface area (Å²) >= 11 is 0. The second-order valence-corrected chi connectivity index (χ2v) is 5.71. The zero-order chi connectivity index (χ0) is 18.2. The van der Waals surface area contributed by atoms with Gasteiger partial charge in [-0.3, -0.25) is 10.1 Å². The highest BCUT2D eigenvalue weighted by atomic mass is 35.5. The smallest absolute Gasteiger partial charge is 0.426 e. The summed E-state index contributed by atoms with van der Waals surface area (Å²) in [5.74, 6) is 0.391. The molecule has 0 aromatic heterocycles. The maximum Gasteiger partial charge on any atom is 0.514 e. The first kappa shape index (κ1) is 21.4. The Hall–Kier alpha value is -2.64. The van der Waals surface area contributed by atoms with Crippen molar-refractivity contribution in [3.63, 3.8) is 0 Å². The van der Waals surface area contributed by atoms with Crippen molar-refractivity contribution in [1.29, 1.82) is 0 Å². The van der Waals surface area contributed by atoms with Crippen LogP contribution in [0.15, 0.2) is 54.6 Å². The molecule has 26 heavy (non-hydrogen) atoms. The summed E-state index contributed by atoms with van der Waals surface area (Å²) in [6.07, 6.45) is -0.831. The van der Waals surface area contributed by atoms with Crippen LogP contribution < -0.4 is 4.74 Å². The first-order valence-corrected chi connectivity index (χ1v) is 7.78. The standard InChI is InChI=1S/C18H20N2O5.ClH/c1-19(2)13-12-17(14-8-10-15(11-9-14)20(22)23)25-18(21)24-16-6-4-3-5-7-16;/h3-11,17H,12-13H2,1-2H3;1H. The van der Waals surface area contributed by atoms with Gasteiger partial charge in [0.15, 0.2) is 0 Å². The number of rotatable bonds is 7. The third kappa shape index (κ3) is 6.70. The van der Waals surface area contributed by atoms with Gasteiger partial charge in [0.1, 0.15) is 11.9 Å². The summed E-state index contributed by atoms with van der Waals surface area (Å²) < 4.78 is 10.6. The lowest BCUT2D eigenvalue weighted by atomic mass is 10.1. The molecule has 0 fully saturated rings. The Balaban J connectivity index is 0.00000338. The molecule has 0 aliphatic rings. The van der Waals surface area contributed by atoms with Gasteiger partial charge in [-0.05, 0) is 43.9 Å². The van der Waals surface area contributed by atoms with Crippen LogP contribution in [-0.2, 0) is 4.74 Å². The molecule has 0 spiro atoms. The predicted octanol–water partition coefficient (Wildman–Crippen LogP) is 4.23. The van der Waals surface area contributed by atoms with Crippen LogP contribution in [0.2, 0.25) is 0 Å². The monoisotopic (exact) mass is 380 g/mol. The quantitative estimate of drug-likeness (QED) is 0.309.